The molecule has 0 radical (unpaired) electrons. The quantitative estimate of drug-likeness (QED) is 0.796. The van der Waals surface area contributed by atoms with Gasteiger partial charge < -0.3 is 14.9 Å². The fourth-order valence-corrected chi connectivity index (χ4v) is 4.38. The molecule has 0 spiro atoms. The van der Waals surface area contributed by atoms with E-state index in [-0.39, 0.29) is 29.5 Å². The highest BCUT2D eigenvalue weighted by Gasteiger charge is 2.47. The number of aliphatic hydroxyl groups is 2. The second-order valence-electron chi connectivity index (χ2n) is 8.79. The van der Waals surface area contributed by atoms with Crippen molar-refractivity contribution in [2.45, 2.75) is 65.0 Å². The van der Waals surface area contributed by atoms with Gasteiger partial charge in [-0.15, -0.1) is 0 Å². The number of hydrogen-bond donors (Lipinski definition) is 2. The summed E-state index contributed by atoms with van der Waals surface area (Å²) in [5, 5.41) is 20.1. The Labute approximate surface area is 151 Å². The van der Waals surface area contributed by atoms with E-state index < -0.39 is 6.29 Å². The Balaban J connectivity index is 1.66. The van der Waals surface area contributed by atoms with Gasteiger partial charge in [0.25, 0.3) is 0 Å². The molecule has 2 N–H and O–H groups in total. The zero-order chi connectivity index (χ0) is 18.0. The number of rotatable bonds is 5. The first kappa shape index (κ1) is 18.6. The molecule has 0 aromatic heterocycles. The molecule has 138 valence electrons. The van der Waals surface area contributed by atoms with Crippen LogP contribution in [0.4, 0.5) is 0 Å². The van der Waals surface area contributed by atoms with Crippen LogP contribution >= 0.6 is 0 Å². The first-order chi connectivity index (χ1) is 11.8. The third-order valence-electron chi connectivity index (χ3n) is 5.96. The standard InChI is InChI=1S/C22H32O3/c1-22(2,3)16(10-9-15-7-5-4-6-8-15)11-12-17-18-13-21(24)25-20(18)14-19(17)23/h4-8,11-12,16-21,23-24H,9-10,13-14H2,1-3H3/b12-11+/t16-,17-,18-,19-,20+,21?/m1/s1. The van der Waals surface area contributed by atoms with Crippen LogP contribution in [0.25, 0.3) is 0 Å². The van der Waals surface area contributed by atoms with Gasteiger partial charge in [0.1, 0.15) is 0 Å². The molecule has 6 atom stereocenters. The van der Waals surface area contributed by atoms with Crippen molar-refractivity contribution in [2.75, 3.05) is 0 Å². The van der Waals surface area contributed by atoms with Gasteiger partial charge in [-0.3, -0.25) is 0 Å². The predicted octanol–water partition coefficient (Wildman–Crippen LogP) is 3.94. The number of aliphatic hydroxyl groups excluding tert-OH is 2. The van der Waals surface area contributed by atoms with E-state index in [2.05, 4.69) is 63.3 Å². The van der Waals surface area contributed by atoms with Gasteiger partial charge in [0, 0.05) is 18.8 Å². The average molecular weight is 344 g/mol. The van der Waals surface area contributed by atoms with Crippen molar-refractivity contribution in [3.63, 3.8) is 0 Å². The van der Waals surface area contributed by atoms with Crippen LogP contribution in [0.2, 0.25) is 0 Å². The summed E-state index contributed by atoms with van der Waals surface area (Å²) in [5.41, 5.74) is 1.55. The molecule has 1 heterocycles. The first-order valence-corrected chi connectivity index (χ1v) is 9.58. The molecule has 1 aromatic rings. The minimum Gasteiger partial charge on any atom is -0.392 e. The summed E-state index contributed by atoms with van der Waals surface area (Å²) in [5.74, 6) is 0.797. The maximum absolute atomic E-state index is 10.4. The van der Waals surface area contributed by atoms with Crippen molar-refractivity contribution < 1.29 is 14.9 Å². The van der Waals surface area contributed by atoms with E-state index in [0.29, 0.717) is 18.8 Å². The van der Waals surface area contributed by atoms with E-state index in [0.717, 1.165) is 12.8 Å². The Morgan fingerprint density at radius 3 is 2.56 bits per heavy atom. The van der Waals surface area contributed by atoms with Crippen LogP contribution < -0.4 is 0 Å². The maximum atomic E-state index is 10.4. The van der Waals surface area contributed by atoms with Crippen LogP contribution in [0.3, 0.4) is 0 Å². The molecule has 3 rings (SSSR count). The number of aryl methyl sites for hydroxylation is 1. The molecule has 1 aromatic carbocycles. The normalized spacial score (nSPS) is 33.7. The van der Waals surface area contributed by atoms with Gasteiger partial charge in [0.05, 0.1) is 12.2 Å². The second-order valence-corrected chi connectivity index (χ2v) is 8.79. The molecule has 1 aliphatic heterocycles. The molecule has 3 nitrogen and oxygen atoms in total. The summed E-state index contributed by atoms with van der Waals surface area (Å²) >= 11 is 0. The van der Waals surface area contributed by atoms with E-state index in [1.807, 2.05) is 0 Å². The van der Waals surface area contributed by atoms with E-state index in [9.17, 15) is 10.2 Å². The molecule has 2 fully saturated rings. The molecule has 1 aliphatic carbocycles. The monoisotopic (exact) mass is 344 g/mol. The minimum absolute atomic E-state index is 0.0112. The molecule has 0 bridgehead atoms. The minimum atomic E-state index is -0.658. The molecule has 1 unspecified atom stereocenters. The highest BCUT2D eigenvalue weighted by Crippen LogP contribution is 2.44. The van der Waals surface area contributed by atoms with Gasteiger partial charge in [-0.1, -0.05) is 63.3 Å². The third-order valence-corrected chi connectivity index (χ3v) is 5.96. The predicted molar refractivity (Wildman–Crippen MR) is 99.9 cm³/mol. The van der Waals surface area contributed by atoms with Crippen LogP contribution in [-0.4, -0.2) is 28.7 Å². The van der Waals surface area contributed by atoms with Crippen molar-refractivity contribution in [3.8, 4) is 0 Å². The Kier molecular flexibility index (Phi) is 5.67. The number of ether oxygens (including phenoxy) is 1. The van der Waals surface area contributed by atoms with Gasteiger partial charge in [0.2, 0.25) is 0 Å². The topological polar surface area (TPSA) is 49.7 Å². The molecular weight excluding hydrogens is 312 g/mol. The smallest absolute Gasteiger partial charge is 0.155 e. The third kappa shape index (κ3) is 4.52. The summed E-state index contributed by atoms with van der Waals surface area (Å²) in [4.78, 5) is 0. The zero-order valence-corrected chi connectivity index (χ0v) is 15.6. The molecule has 2 aliphatic rings. The van der Waals surface area contributed by atoms with Crippen LogP contribution in [-0.2, 0) is 11.2 Å². The average Bonchev–Trinajstić information content (AvgIpc) is 3.03. The maximum Gasteiger partial charge on any atom is 0.155 e. The van der Waals surface area contributed by atoms with Gasteiger partial charge in [-0.25, -0.2) is 0 Å². The van der Waals surface area contributed by atoms with E-state index >= 15 is 0 Å². The van der Waals surface area contributed by atoms with Crippen LogP contribution in [0, 0.1) is 23.2 Å². The van der Waals surface area contributed by atoms with Gasteiger partial charge in [-0.05, 0) is 35.7 Å². The molecule has 25 heavy (non-hydrogen) atoms. The molecule has 0 amide bonds. The van der Waals surface area contributed by atoms with E-state index in [4.69, 9.17) is 4.74 Å². The summed E-state index contributed by atoms with van der Waals surface area (Å²) in [6, 6.07) is 10.6. The first-order valence-electron chi connectivity index (χ1n) is 9.58. The van der Waals surface area contributed by atoms with Crippen molar-refractivity contribution in [3.05, 3.63) is 48.0 Å². The van der Waals surface area contributed by atoms with Crippen LogP contribution in [0.5, 0.6) is 0 Å². The van der Waals surface area contributed by atoms with E-state index in [1.54, 1.807) is 0 Å². The fraction of sp³-hybridized carbons (Fsp3) is 0.636. The lowest BCUT2D eigenvalue weighted by Gasteiger charge is -2.29. The van der Waals surface area contributed by atoms with E-state index in [1.165, 1.54) is 5.56 Å². The zero-order valence-electron chi connectivity index (χ0n) is 15.6. The summed E-state index contributed by atoms with van der Waals surface area (Å²) in [7, 11) is 0. The van der Waals surface area contributed by atoms with Crippen molar-refractivity contribution in [2.24, 2.45) is 23.2 Å². The molecule has 1 saturated carbocycles. The largest absolute Gasteiger partial charge is 0.392 e. The molecular formula is C22H32O3. The summed E-state index contributed by atoms with van der Waals surface area (Å²) in [6.45, 7) is 6.84. The van der Waals surface area contributed by atoms with Crippen LogP contribution in [0.15, 0.2) is 42.5 Å². The van der Waals surface area contributed by atoms with Gasteiger partial charge >= 0.3 is 0 Å². The Morgan fingerprint density at radius 1 is 1.16 bits per heavy atom. The molecule has 3 heteroatoms. The van der Waals surface area contributed by atoms with Gasteiger partial charge in [0.15, 0.2) is 6.29 Å². The second kappa shape index (κ2) is 7.61. The van der Waals surface area contributed by atoms with Crippen LogP contribution in [0.1, 0.15) is 45.6 Å². The lowest BCUT2D eigenvalue weighted by Crippen LogP contribution is -2.22. The van der Waals surface area contributed by atoms with Crippen molar-refractivity contribution in [1.29, 1.82) is 0 Å². The highest BCUT2D eigenvalue weighted by atomic mass is 16.6. The lowest BCUT2D eigenvalue weighted by molar-refractivity contribution is -0.0949. The Hall–Kier alpha value is -1.16. The highest BCUT2D eigenvalue weighted by molar-refractivity contribution is 5.15. The number of benzene rings is 1. The Bertz CT molecular complexity index is 575. The van der Waals surface area contributed by atoms with Gasteiger partial charge in [-0.2, -0.15) is 0 Å². The summed E-state index contributed by atoms with van der Waals surface area (Å²) < 4.78 is 5.53. The number of allylic oxidation sites excluding steroid dienone is 1. The van der Waals surface area contributed by atoms with Crippen molar-refractivity contribution >= 4 is 0 Å². The number of fused-ring (bicyclic) bond motifs is 1. The van der Waals surface area contributed by atoms with Crippen molar-refractivity contribution in [1.82, 2.24) is 0 Å². The Morgan fingerprint density at radius 2 is 1.88 bits per heavy atom. The summed E-state index contributed by atoms with van der Waals surface area (Å²) in [6.07, 6.45) is 6.96. The SMILES string of the molecule is CC(C)(C)[C@@H](/C=C/[C@@H]1[C@H]2CC(O)O[C@H]2C[C@H]1O)CCc1ccccc1. The lowest BCUT2D eigenvalue weighted by atomic mass is 9.76. The number of hydrogen-bond acceptors (Lipinski definition) is 3. The molecule has 1 saturated heterocycles. The fourth-order valence-electron chi connectivity index (χ4n) is 4.38.